The van der Waals surface area contributed by atoms with Crippen molar-refractivity contribution in [3.63, 3.8) is 0 Å². The Hall–Kier alpha value is -2.21. The summed E-state index contributed by atoms with van der Waals surface area (Å²) in [6.07, 6.45) is 9.26. The van der Waals surface area contributed by atoms with Crippen LogP contribution < -0.4 is 0 Å². The summed E-state index contributed by atoms with van der Waals surface area (Å²) in [4.78, 5) is 26.1. The number of hydrogen-bond donors (Lipinski definition) is 1. The first kappa shape index (κ1) is 30.8. The van der Waals surface area contributed by atoms with E-state index < -0.39 is 16.6 Å². The highest BCUT2D eigenvalue weighted by Gasteiger charge is 2.69. The SMILES string of the molecule is C[C@H]1[C@H](C)CC[C@]2(C(=O)OC(c3ccccc3)[N+](=O)[O-])CC[C@]3(C)C(=CC[C@@H]4[C@@]5(C)CC[C@H](O)C(C)(C)C5CC[C@]43C)[C@H]12. The van der Waals surface area contributed by atoms with E-state index in [-0.39, 0.29) is 45.6 Å². The van der Waals surface area contributed by atoms with Crippen molar-refractivity contribution < 1.29 is 19.6 Å². The fourth-order valence-electron chi connectivity index (χ4n) is 11.9. The second-order valence-corrected chi connectivity index (χ2v) is 16.6. The fraction of sp³-hybridized carbons (Fsp3) is 0.757. The van der Waals surface area contributed by atoms with Crippen molar-refractivity contribution in [2.75, 3.05) is 0 Å². The number of nitro groups is 1. The van der Waals surface area contributed by atoms with Crippen molar-refractivity contribution in [2.45, 2.75) is 119 Å². The van der Waals surface area contributed by atoms with Gasteiger partial charge in [0.15, 0.2) is 0 Å². The molecule has 0 heterocycles. The van der Waals surface area contributed by atoms with Crippen molar-refractivity contribution >= 4 is 5.97 Å². The number of aliphatic hydroxyl groups excluding tert-OH is 1. The number of nitrogens with zero attached hydrogens (tertiary/aromatic N) is 1. The van der Waals surface area contributed by atoms with Gasteiger partial charge in [-0.25, -0.2) is 0 Å². The number of hydrogen-bond acceptors (Lipinski definition) is 5. The molecule has 0 spiro atoms. The molecular weight excluding hydrogens is 538 g/mol. The Bertz CT molecular complexity index is 1310. The van der Waals surface area contributed by atoms with Crippen LogP contribution in [0, 0.1) is 66.8 Å². The number of rotatable bonds is 4. The third-order valence-electron chi connectivity index (χ3n) is 14.9. The summed E-state index contributed by atoms with van der Waals surface area (Å²) < 4.78 is 5.96. The highest BCUT2D eigenvalue weighted by molar-refractivity contribution is 5.79. The molecule has 0 aromatic heterocycles. The lowest BCUT2D eigenvalue weighted by molar-refractivity contribution is -0.576. The molecule has 1 aromatic rings. The van der Waals surface area contributed by atoms with Gasteiger partial charge in [0.2, 0.25) is 0 Å². The molecule has 1 aromatic carbocycles. The molecular formula is C37H53NO5. The number of benzene rings is 1. The molecule has 6 nitrogen and oxygen atoms in total. The number of fused-ring (bicyclic) bond motifs is 7. The lowest BCUT2D eigenvalue weighted by Crippen LogP contribution is -2.65. The predicted molar refractivity (Wildman–Crippen MR) is 167 cm³/mol. The second kappa shape index (κ2) is 10.2. The number of ether oxygens (including phenoxy) is 1. The molecule has 6 rings (SSSR count). The van der Waals surface area contributed by atoms with Crippen LogP contribution in [0.1, 0.15) is 118 Å². The van der Waals surface area contributed by atoms with Gasteiger partial charge >= 0.3 is 12.2 Å². The van der Waals surface area contributed by atoms with E-state index in [9.17, 15) is 20.0 Å². The van der Waals surface area contributed by atoms with Gasteiger partial charge in [0.25, 0.3) is 0 Å². The Morgan fingerprint density at radius 2 is 1.65 bits per heavy atom. The van der Waals surface area contributed by atoms with Gasteiger partial charge in [-0.15, -0.1) is 0 Å². The first-order chi connectivity index (χ1) is 20.1. The van der Waals surface area contributed by atoms with Crippen LogP contribution >= 0.6 is 0 Å². The van der Waals surface area contributed by atoms with Gasteiger partial charge in [0.05, 0.1) is 22.0 Å². The molecule has 236 valence electrons. The molecule has 0 amide bonds. The lowest BCUT2D eigenvalue weighted by Gasteiger charge is -2.71. The zero-order valence-electron chi connectivity index (χ0n) is 27.4. The summed E-state index contributed by atoms with van der Waals surface area (Å²) in [5.74, 6) is 1.41. The van der Waals surface area contributed by atoms with Crippen LogP contribution in [0.5, 0.6) is 0 Å². The van der Waals surface area contributed by atoms with Crippen molar-refractivity contribution in [1.82, 2.24) is 0 Å². The van der Waals surface area contributed by atoms with Gasteiger partial charge in [0.1, 0.15) is 0 Å². The maximum absolute atomic E-state index is 14.4. The van der Waals surface area contributed by atoms with Crippen molar-refractivity contribution in [2.24, 2.45) is 56.7 Å². The molecule has 4 saturated carbocycles. The lowest BCUT2D eigenvalue weighted by atomic mass is 9.33. The van der Waals surface area contributed by atoms with Gasteiger partial charge in [0, 0.05) is 0 Å². The molecule has 5 aliphatic rings. The number of allylic oxidation sites excluding steroid dienone is 2. The molecule has 4 fully saturated rings. The Morgan fingerprint density at radius 1 is 0.953 bits per heavy atom. The van der Waals surface area contributed by atoms with Crippen LogP contribution in [0.2, 0.25) is 0 Å². The van der Waals surface area contributed by atoms with Gasteiger partial charge < -0.3 is 9.84 Å². The third-order valence-corrected chi connectivity index (χ3v) is 14.9. The first-order valence-corrected chi connectivity index (χ1v) is 16.9. The molecule has 6 heteroatoms. The molecule has 1 N–H and O–H groups in total. The van der Waals surface area contributed by atoms with Crippen LogP contribution in [0.25, 0.3) is 0 Å². The Balaban J connectivity index is 1.40. The monoisotopic (exact) mass is 591 g/mol. The zero-order valence-corrected chi connectivity index (χ0v) is 27.4. The molecule has 0 aliphatic heterocycles. The summed E-state index contributed by atoms with van der Waals surface area (Å²) in [5, 5.41) is 23.2. The summed E-state index contributed by atoms with van der Waals surface area (Å²) in [6, 6.07) is 8.67. The average molecular weight is 592 g/mol. The minimum Gasteiger partial charge on any atom is -0.394 e. The normalized spacial score (nSPS) is 45.7. The summed E-state index contributed by atoms with van der Waals surface area (Å²) in [5.41, 5.74) is 1.21. The molecule has 0 radical (unpaired) electrons. The maximum atomic E-state index is 14.4. The second-order valence-electron chi connectivity index (χ2n) is 16.6. The highest BCUT2D eigenvalue weighted by atomic mass is 16.7. The number of carbonyl (C=O) groups excluding carboxylic acids is 1. The Labute approximate surface area is 258 Å². The molecule has 0 saturated heterocycles. The summed E-state index contributed by atoms with van der Waals surface area (Å²) in [7, 11) is 0. The van der Waals surface area contributed by atoms with Crippen LogP contribution in [0.4, 0.5) is 0 Å². The molecule has 11 atom stereocenters. The number of esters is 1. The van der Waals surface area contributed by atoms with Gasteiger partial charge in [-0.1, -0.05) is 78.3 Å². The highest BCUT2D eigenvalue weighted by Crippen LogP contribution is 2.75. The topological polar surface area (TPSA) is 89.7 Å². The number of carbonyl (C=O) groups is 1. The predicted octanol–water partition coefficient (Wildman–Crippen LogP) is 8.52. The van der Waals surface area contributed by atoms with E-state index in [1.54, 1.807) is 24.3 Å². The minimum atomic E-state index is -1.49. The van der Waals surface area contributed by atoms with Crippen LogP contribution in [0.15, 0.2) is 42.0 Å². The summed E-state index contributed by atoms with van der Waals surface area (Å²) >= 11 is 0. The molecule has 43 heavy (non-hydrogen) atoms. The van der Waals surface area contributed by atoms with Gasteiger partial charge in [-0.3, -0.25) is 14.9 Å². The van der Waals surface area contributed by atoms with Crippen LogP contribution in [0.3, 0.4) is 0 Å². The van der Waals surface area contributed by atoms with E-state index in [2.05, 4.69) is 54.5 Å². The molecule has 2 unspecified atom stereocenters. The first-order valence-electron chi connectivity index (χ1n) is 16.9. The Kier molecular flexibility index (Phi) is 7.27. The smallest absolute Gasteiger partial charge is 0.382 e. The quantitative estimate of drug-likeness (QED) is 0.125. The van der Waals surface area contributed by atoms with E-state index in [4.69, 9.17) is 4.74 Å². The average Bonchev–Trinajstić information content (AvgIpc) is 2.96. The van der Waals surface area contributed by atoms with E-state index in [0.717, 1.165) is 51.4 Å². The number of aliphatic hydroxyl groups is 1. The summed E-state index contributed by atoms with van der Waals surface area (Å²) in [6.45, 7) is 16.7. The van der Waals surface area contributed by atoms with Gasteiger partial charge in [-0.05, 0) is 121 Å². The van der Waals surface area contributed by atoms with Crippen LogP contribution in [-0.4, -0.2) is 22.1 Å². The Morgan fingerprint density at radius 3 is 2.33 bits per heavy atom. The maximum Gasteiger partial charge on any atom is 0.382 e. The fourth-order valence-corrected chi connectivity index (χ4v) is 11.9. The molecule has 0 bridgehead atoms. The van der Waals surface area contributed by atoms with Crippen molar-refractivity contribution in [3.8, 4) is 0 Å². The molecule has 5 aliphatic carbocycles. The van der Waals surface area contributed by atoms with Crippen molar-refractivity contribution in [3.05, 3.63) is 57.7 Å². The minimum absolute atomic E-state index is 0.0265. The van der Waals surface area contributed by atoms with Gasteiger partial charge in [-0.2, -0.15) is 0 Å². The van der Waals surface area contributed by atoms with Crippen molar-refractivity contribution in [1.29, 1.82) is 0 Å². The zero-order chi connectivity index (χ0) is 31.2. The van der Waals surface area contributed by atoms with E-state index in [0.29, 0.717) is 29.7 Å². The van der Waals surface area contributed by atoms with Crippen LogP contribution in [-0.2, 0) is 9.53 Å². The third kappa shape index (κ3) is 4.17. The largest absolute Gasteiger partial charge is 0.394 e. The standard InChI is InChI=1S/C37H53NO5/c1-23-15-20-37(32(40)43-31(38(41)42)25-11-9-8-10-12-25)22-21-35(6)26(30(37)24(23)2)13-14-28-34(5)18-17-29(39)33(3,4)27(34)16-19-36(28,35)7/h8-13,23-24,27-31,39H,14-22H2,1-7H3/t23-,24+,27?,28-,29+,30+,31?,34+,35-,36-,37+/m1/s1. The van der Waals surface area contributed by atoms with E-state index >= 15 is 0 Å². The van der Waals surface area contributed by atoms with E-state index in [1.807, 2.05) is 6.07 Å². The van der Waals surface area contributed by atoms with E-state index in [1.165, 1.54) is 5.57 Å².